The van der Waals surface area contributed by atoms with Gasteiger partial charge in [0.15, 0.2) is 0 Å². The van der Waals surface area contributed by atoms with Gasteiger partial charge in [-0.05, 0) is 56.3 Å². The van der Waals surface area contributed by atoms with Gasteiger partial charge in [-0.15, -0.1) is 0 Å². The maximum atomic E-state index is 11.9. The van der Waals surface area contributed by atoms with Gasteiger partial charge in [-0.25, -0.2) is 4.79 Å². The Labute approximate surface area is 121 Å². The van der Waals surface area contributed by atoms with Crippen molar-refractivity contribution in [3.05, 3.63) is 29.8 Å². The van der Waals surface area contributed by atoms with Gasteiger partial charge >= 0.3 is 6.03 Å². The van der Waals surface area contributed by atoms with E-state index in [0.717, 1.165) is 24.2 Å². The van der Waals surface area contributed by atoms with Gasteiger partial charge in [0, 0.05) is 18.3 Å². The smallest absolute Gasteiger partial charge is 0.319 e. The third-order valence-corrected chi connectivity index (χ3v) is 4.41. The second-order valence-electron chi connectivity index (χ2n) is 5.80. The summed E-state index contributed by atoms with van der Waals surface area (Å²) >= 11 is 0. The molecule has 3 N–H and O–H groups in total. The first-order chi connectivity index (χ1) is 9.58. The van der Waals surface area contributed by atoms with Crippen molar-refractivity contribution in [1.82, 2.24) is 10.6 Å². The van der Waals surface area contributed by atoms with Crippen LogP contribution in [0.2, 0.25) is 0 Å². The normalized spacial score (nSPS) is 17.4. The lowest BCUT2D eigenvalue weighted by Crippen LogP contribution is -2.33. The molecule has 0 radical (unpaired) electrons. The predicted molar refractivity (Wildman–Crippen MR) is 82.9 cm³/mol. The summed E-state index contributed by atoms with van der Waals surface area (Å²) < 4.78 is 0. The molecule has 1 unspecified atom stereocenters. The lowest BCUT2D eigenvalue weighted by molar-refractivity contribution is 0.249. The van der Waals surface area contributed by atoms with E-state index in [1.54, 1.807) is 0 Å². The zero-order valence-electron chi connectivity index (χ0n) is 12.6. The first kappa shape index (κ1) is 14.9. The summed E-state index contributed by atoms with van der Waals surface area (Å²) in [6, 6.07) is 8.10. The van der Waals surface area contributed by atoms with Gasteiger partial charge in [0.25, 0.3) is 0 Å². The molecule has 1 aliphatic carbocycles. The third kappa shape index (κ3) is 3.73. The zero-order valence-corrected chi connectivity index (χ0v) is 12.6. The second-order valence-corrected chi connectivity index (χ2v) is 5.80. The minimum atomic E-state index is -0.112. The van der Waals surface area contributed by atoms with Gasteiger partial charge in [0.2, 0.25) is 0 Å². The quantitative estimate of drug-likeness (QED) is 0.746. The van der Waals surface area contributed by atoms with Crippen molar-refractivity contribution < 1.29 is 4.79 Å². The van der Waals surface area contributed by atoms with E-state index >= 15 is 0 Å². The van der Waals surface area contributed by atoms with E-state index < -0.39 is 0 Å². The molecule has 1 atom stereocenters. The maximum Gasteiger partial charge on any atom is 0.319 e. The van der Waals surface area contributed by atoms with Crippen molar-refractivity contribution in [2.24, 2.45) is 5.41 Å². The molecule has 0 spiro atoms. The molecule has 0 saturated heterocycles. The minimum absolute atomic E-state index is 0.112. The van der Waals surface area contributed by atoms with Gasteiger partial charge in [-0.2, -0.15) is 0 Å². The average Bonchev–Trinajstić information content (AvgIpc) is 3.25. The summed E-state index contributed by atoms with van der Waals surface area (Å²) in [7, 11) is 1.93. The summed E-state index contributed by atoms with van der Waals surface area (Å²) in [5.74, 6) is 0. The lowest BCUT2D eigenvalue weighted by Gasteiger charge is -2.15. The van der Waals surface area contributed by atoms with Crippen molar-refractivity contribution in [3.8, 4) is 0 Å². The molecule has 1 aliphatic rings. The Morgan fingerprint density at radius 2 is 2.15 bits per heavy atom. The molecule has 1 aromatic rings. The number of urea groups is 1. The number of hydrogen-bond donors (Lipinski definition) is 3. The lowest BCUT2D eigenvalue weighted by atomic mass is 10.0. The van der Waals surface area contributed by atoms with Crippen molar-refractivity contribution >= 4 is 11.7 Å². The summed E-state index contributed by atoms with van der Waals surface area (Å²) in [5, 5.41) is 9.08. The summed E-state index contributed by atoms with van der Waals surface area (Å²) in [4.78, 5) is 11.9. The number of hydrogen-bond acceptors (Lipinski definition) is 2. The molecule has 0 aliphatic heterocycles. The van der Waals surface area contributed by atoms with E-state index in [1.807, 2.05) is 25.2 Å². The average molecular weight is 275 g/mol. The number of anilines is 1. The van der Waals surface area contributed by atoms with Gasteiger partial charge in [-0.3, -0.25) is 0 Å². The molecule has 0 heterocycles. The highest BCUT2D eigenvalue weighted by Crippen LogP contribution is 2.47. The Morgan fingerprint density at radius 1 is 1.40 bits per heavy atom. The highest BCUT2D eigenvalue weighted by Gasteiger charge is 2.40. The highest BCUT2D eigenvalue weighted by molar-refractivity contribution is 5.89. The summed E-state index contributed by atoms with van der Waals surface area (Å²) in [6.45, 7) is 5.06. The van der Waals surface area contributed by atoms with Gasteiger partial charge < -0.3 is 16.0 Å². The molecule has 2 rings (SSSR count). The van der Waals surface area contributed by atoms with Gasteiger partial charge in [0.05, 0.1) is 0 Å². The second kappa shape index (κ2) is 6.27. The molecular formula is C16H25N3O. The van der Waals surface area contributed by atoms with Gasteiger partial charge in [0.1, 0.15) is 0 Å². The molecule has 1 fully saturated rings. The largest absolute Gasteiger partial charge is 0.337 e. The number of nitrogens with one attached hydrogen (secondary N) is 3. The first-order valence-electron chi connectivity index (χ1n) is 7.41. The fourth-order valence-corrected chi connectivity index (χ4v) is 2.33. The third-order valence-electron chi connectivity index (χ3n) is 4.41. The molecule has 110 valence electrons. The van der Waals surface area contributed by atoms with Crippen LogP contribution >= 0.6 is 0 Å². The van der Waals surface area contributed by atoms with E-state index in [4.69, 9.17) is 0 Å². The highest BCUT2D eigenvalue weighted by atomic mass is 16.2. The molecule has 4 heteroatoms. The maximum absolute atomic E-state index is 11.9. The van der Waals surface area contributed by atoms with E-state index in [9.17, 15) is 4.79 Å². The minimum Gasteiger partial charge on any atom is -0.337 e. The Balaban J connectivity index is 1.87. The Bertz CT molecular complexity index is 469. The monoisotopic (exact) mass is 275 g/mol. The van der Waals surface area contributed by atoms with Crippen LogP contribution in [-0.2, 0) is 0 Å². The molecule has 4 nitrogen and oxygen atoms in total. The Kier molecular flexibility index (Phi) is 4.65. The topological polar surface area (TPSA) is 53.2 Å². The van der Waals surface area contributed by atoms with E-state index in [0.29, 0.717) is 5.41 Å². The van der Waals surface area contributed by atoms with Crippen LogP contribution in [0.3, 0.4) is 0 Å². The van der Waals surface area contributed by atoms with Crippen molar-refractivity contribution in [2.75, 3.05) is 18.9 Å². The van der Waals surface area contributed by atoms with Crippen LogP contribution in [0.4, 0.5) is 10.5 Å². The van der Waals surface area contributed by atoms with Crippen LogP contribution in [0, 0.1) is 5.41 Å². The fraction of sp³-hybridized carbons (Fsp3) is 0.562. The standard InChI is InChI=1S/C16H25N3O/c1-4-16(8-9-16)11-18-15(20)19-14-7-5-6-13(10-14)12(2)17-3/h5-7,10,12,17H,4,8-9,11H2,1-3H3,(H2,18,19,20). The summed E-state index contributed by atoms with van der Waals surface area (Å²) in [5.41, 5.74) is 2.38. The Hall–Kier alpha value is -1.55. The molecule has 0 aromatic heterocycles. The van der Waals surface area contributed by atoms with Crippen LogP contribution in [0.5, 0.6) is 0 Å². The molecule has 0 bridgehead atoms. The predicted octanol–water partition coefficient (Wildman–Crippen LogP) is 3.28. The number of carbonyl (C=O) groups is 1. The molecule has 1 aromatic carbocycles. The number of amides is 2. The fourth-order valence-electron chi connectivity index (χ4n) is 2.33. The van der Waals surface area contributed by atoms with E-state index in [2.05, 4.69) is 35.9 Å². The molecule has 1 saturated carbocycles. The number of benzene rings is 1. The Morgan fingerprint density at radius 3 is 2.75 bits per heavy atom. The number of carbonyl (C=O) groups excluding carboxylic acids is 1. The van der Waals surface area contributed by atoms with Crippen molar-refractivity contribution in [2.45, 2.75) is 39.2 Å². The van der Waals surface area contributed by atoms with Crippen LogP contribution in [-0.4, -0.2) is 19.6 Å². The van der Waals surface area contributed by atoms with Crippen LogP contribution in [0.15, 0.2) is 24.3 Å². The molecule has 20 heavy (non-hydrogen) atoms. The van der Waals surface area contributed by atoms with E-state index in [1.165, 1.54) is 12.8 Å². The SMILES string of the molecule is CCC1(CNC(=O)Nc2cccc(C(C)NC)c2)CC1. The van der Waals surface area contributed by atoms with Crippen molar-refractivity contribution in [1.29, 1.82) is 0 Å². The van der Waals surface area contributed by atoms with Gasteiger partial charge in [-0.1, -0.05) is 19.1 Å². The van der Waals surface area contributed by atoms with Crippen molar-refractivity contribution in [3.63, 3.8) is 0 Å². The van der Waals surface area contributed by atoms with E-state index in [-0.39, 0.29) is 12.1 Å². The zero-order chi connectivity index (χ0) is 14.6. The molecular weight excluding hydrogens is 250 g/mol. The van der Waals surface area contributed by atoms with Crippen LogP contribution in [0.25, 0.3) is 0 Å². The first-order valence-corrected chi connectivity index (χ1v) is 7.41. The number of rotatable bonds is 6. The van der Waals surface area contributed by atoms with Crippen LogP contribution < -0.4 is 16.0 Å². The summed E-state index contributed by atoms with van der Waals surface area (Å²) in [6.07, 6.45) is 3.61. The van der Waals surface area contributed by atoms with Crippen LogP contribution in [0.1, 0.15) is 44.7 Å². The molecule has 2 amide bonds.